The van der Waals surface area contributed by atoms with Crippen molar-refractivity contribution in [2.75, 3.05) is 22.8 Å². The van der Waals surface area contributed by atoms with Crippen molar-refractivity contribution in [3.63, 3.8) is 0 Å². The van der Waals surface area contributed by atoms with E-state index < -0.39 is 34.5 Å². The number of hydrogen-bond acceptors (Lipinski definition) is 6. The van der Waals surface area contributed by atoms with Crippen molar-refractivity contribution >= 4 is 27.3 Å². The number of nitrogens with zero attached hydrogens (tertiary/aromatic N) is 2. The summed E-state index contributed by atoms with van der Waals surface area (Å²) in [5, 5.41) is 21.3. The van der Waals surface area contributed by atoms with Crippen LogP contribution in [0.2, 0.25) is 0 Å². The predicted octanol–water partition coefficient (Wildman–Crippen LogP) is 2.90. The van der Waals surface area contributed by atoms with Gasteiger partial charge in [-0.05, 0) is 48.5 Å². The van der Waals surface area contributed by atoms with E-state index >= 15 is 0 Å². The molecule has 1 aliphatic heterocycles. The van der Waals surface area contributed by atoms with Crippen molar-refractivity contribution < 1.29 is 27.4 Å². The van der Waals surface area contributed by atoms with Crippen molar-refractivity contribution in [3.8, 4) is 11.8 Å². The summed E-state index contributed by atoms with van der Waals surface area (Å²) in [5.41, 5.74) is 0.367. The van der Waals surface area contributed by atoms with Crippen LogP contribution in [0.3, 0.4) is 0 Å². The average molecular weight is 467 g/mol. The lowest BCUT2D eigenvalue weighted by Crippen LogP contribution is -2.45. The van der Waals surface area contributed by atoms with E-state index in [4.69, 9.17) is 10.00 Å². The Kier molecular flexibility index (Phi) is 6.00. The number of benzene rings is 3. The Balaban J connectivity index is 1.73. The Morgan fingerprint density at radius 1 is 1.18 bits per heavy atom. The average Bonchev–Trinajstić information content (AvgIpc) is 2.83. The number of hydrogen-bond donors (Lipinski definition) is 2. The fourth-order valence-corrected chi connectivity index (χ4v) is 4.95. The molecule has 4 rings (SSSR count). The summed E-state index contributed by atoms with van der Waals surface area (Å²) >= 11 is 0. The Bertz CT molecular complexity index is 1370. The maximum atomic E-state index is 14.0. The van der Waals surface area contributed by atoms with E-state index in [-0.39, 0.29) is 39.7 Å². The number of aliphatic hydroxyl groups is 1. The Labute approximate surface area is 189 Å². The third kappa shape index (κ3) is 4.37. The van der Waals surface area contributed by atoms with Gasteiger partial charge in [-0.15, -0.1) is 0 Å². The maximum absolute atomic E-state index is 14.0. The molecule has 168 valence electrons. The van der Waals surface area contributed by atoms with Crippen molar-refractivity contribution in [1.82, 2.24) is 0 Å². The fourth-order valence-electron chi connectivity index (χ4n) is 3.41. The molecule has 3 aromatic rings. The molecule has 2 N–H and O–H groups in total. The summed E-state index contributed by atoms with van der Waals surface area (Å²) in [6.45, 7) is -0.608. The van der Waals surface area contributed by atoms with Gasteiger partial charge in [-0.25, -0.2) is 12.8 Å². The second kappa shape index (κ2) is 8.90. The van der Waals surface area contributed by atoms with E-state index in [0.717, 1.165) is 10.4 Å². The van der Waals surface area contributed by atoms with Gasteiger partial charge in [0.2, 0.25) is 0 Å². The van der Waals surface area contributed by atoms with Crippen LogP contribution in [0.5, 0.6) is 5.75 Å². The molecule has 0 aromatic heterocycles. The van der Waals surface area contributed by atoms with Crippen LogP contribution in [0.25, 0.3) is 0 Å². The number of halogens is 1. The molecular weight excluding hydrogens is 449 g/mol. The molecule has 1 aliphatic rings. The molecule has 0 saturated carbocycles. The van der Waals surface area contributed by atoms with Gasteiger partial charge < -0.3 is 15.2 Å². The number of nitriles is 1. The molecule has 1 unspecified atom stereocenters. The third-order valence-corrected chi connectivity index (χ3v) is 6.80. The Morgan fingerprint density at radius 3 is 2.70 bits per heavy atom. The smallest absolute Gasteiger partial charge is 0.264 e. The normalized spacial score (nSPS) is 15.2. The Morgan fingerprint density at radius 2 is 1.97 bits per heavy atom. The van der Waals surface area contributed by atoms with Crippen LogP contribution in [0.4, 0.5) is 15.8 Å². The molecule has 0 spiro atoms. The lowest BCUT2D eigenvalue weighted by molar-refractivity contribution is 0.102. The summed E-state index contributed by atoms with van der Waals surface area (Å²) < 4.78 is 47.5. The first-order chi connectivity index (χ1) is 15.8. The van der Waals surface area contributed by atoms with E-state index in [9.17, 15) is 22.7 Å². The van der Waals surface area contributed by atoms with Crippen LogP contribution in [-0.4, -0.2) is 38.7 Å². The van der Waals surface area contributed by atoms with Crippen LogP contribution in [0.1, 0.15) is 15.9 Å². The van der Waals surface area contributed by atoms with Gasteiger partial charge >= 0.3 is 0 Å². The van der Waals surface area contributed by atoms with Gasteiger partial charge in [-0.1, -0.05) is 18.2 Å². The van der Waals surface area contributed by atoms with E-state index in [2.05, 4.69) is 5.32 Å². The highest BCUT2D eigenvalue weighted by atomic mass is 32.2. The van der Waals surface area contributed by atoms with Crippen molar-refractivity contribution in [2.24, 2.45) is 0 Å². The minimum atomic E-state index is -4.14. The lowest BCUT2D eigenvalue weighted by Gasteiger charge is -2.35. The van der Waals surface area contributed by atoms with Gasteiger partial charge in [0, 0.05) is 5.69 Å². The monoisotopic (exact) mass is 467 g/mol. The highest BCUT2D eigenvalue weighted by Crippen LogP contribution is 2.39. The molecule has 0 saturated heterocycles. The summed E-state index contributed by atoms with van der Waals surface area (Å²) in [4.78, 5) is 12.4. The number of fused-ring (bicyclic) bond motifs is 1. The first-order valence-electron chi connectivity index (χ1n) is 9.84. The molecule has 1 atom stereocenters. The van der Waals surface area contributed by atoms with Gasteiger partial charge in [0.05, 0.1) is 40.9 Å². The molecule has 0 fully saturated rings. The summed E-state index contributed by atoms with van der Waals surface area (Å²) in [5.74, 6) is -1.21. The number of carbonyl (C=O) groups excluding carboxylic acids is 1. The molecule has 33 heavy (non-hydrogen) atoms. The van der Waals surface area contributed by atoms with Gasteiger partial charge in [0.1, 0.15) is 17.7 Å². The third-order valence-electron chi connectivity index (χ3n) is 5.02. The van der Waals surface area contributed by atoms with Crippen LogP contribution >= 0.6 is 0 Å². The summed E-state index contributed by atoms with van der Waals surface area (Å²) in [6, 6.07) is 17.3. The largest absolute Gasteiger partial charge is 0.484 e. The molecular formula is C23H18FN3O5S. The Hall–Kier alpha value is -3.94. The zero-order valence-electron chi connectivity index (χ0n) is 17.1. The van der Waals surface area contributed by atoms with Crippen molar-refractivity contribution in [2.45, 2.75) is 11.0 Å². The zero-order valence-corrected chi connectivity index (χ0v) is 17.9. The highest BCUT2D eigenvalue weighted by molar-refractivity contribution is 7.92. The van der Waals surface area contributed by atoms with E-state index in [1.165, 1.54) is 60.7 Å². The first kappa shape index (κ1) is 22.3. The number of amides is 1. The molecule has 3 aromatic carbocycles. The van der Waals surface area contributed by atoms with E-state index in [0.29, 0.717) is 0 Å². The van der Waals surface area contributed by atoms with Crippen molar-refractivity contribution in [1.29, 1.82) is 5.26 Å². The van der Waals surface area contributed by atoms with E-state index in [1.807, 2.05) is 6.07 Å². The maximum Gasteiger partial charge on any atom is 0.264 e. The summed E-state index contributed by atoms with van der Waals surface area (Å²) in [7, 11) is -4.14. The number of aliphatic hydroxyl groups excluding tert-OH is 1. The molecule has 10 heteroatoms. The number of carbonyl (C=O) groups is 1. The number of anilines is 2. The quantitative estimate of drug-likeness (QED) is 0.596. The highest BCUT2D eigenvalue weighted by Gasteiger charge is 2.35. The number of sulfonamides is 1. The standard InChI is InChI=1S/C23H18FN3O5S/c24-20-7-2-1-6-19(20)23(29)26-16-8-9-22-21(11-16)27(13-17(14-28)32-22)33(30,31)18-5-3-4-15(10-18)12-25/h1-11,17,28H,13-14H2,(H,26,29). The molecule has 1 heterocycles. The molecule has 0 aliphatic carbocycles. The van der Waals surface area contributed by atoms with Gasteiger partial charge in [0.15, 0.2) is 0 Å². The molecule has 0 radical (unpaired) electrons. The predicted molar refractivity (Wildman–Crippen MR) is 118 cm³/mol. The van der Waals surface area contributed by atoms with Crippen molar-refractivity contribution in [3.05, 3.63) is 83.7 Å². The van der Waals surface area contributed by atoms with E-state index in [1.54, 1.807) is 0 Å². The number of ether oxygens (including phenoxy) is 1. The fraction of sp³-hybridized carbons (Fsp3) is 0.130. The lowest BCUT2D eigenvalue weighted by atomic mass is 10.1. The minimum absolute atomic E-state index is 0.105. The number of rotatable bonds is 5. The zero-order chi connectivity index (χ0) is 23.6. The topological polar surface area (TPSA) is 120 Å². The van der Waals surface area contributed by atoms with Gasteiger partial charge in [0.25, 0.3) is 15.9 Å². The van der Waals surface area contributed by atoms with Gasteiger partial charge in [-0.3, -0.25) is 9.10 Å². The SMILES string of the molecule is N#Cc1cccc(S(=O)(=O)N2CC(CO)Oc3ccc(NC(=O)c4ccccc4F)cc32)c1. The molecule has 1 amide bonds. The second-order valence-corrected chi connectivity index (χ2v) is 9.08. The van der Waals surface area contributed by atoms with Crippen LogP contribution in [-0.2, 0) is 10.0 Å². The second-order valence-electron chi connectivity index (χ2n) is 7.21. The molecule has 0 bridgehead atoms. The number of nitrogens with one attached hydrogen (secondary N) is 1. The first-order valence-corrected chi connectivity index (χ1v) is 11.3. The minimum Gasteiger partial charge on any atom is -0.484 e. The van der Waals surface area contributed by atoms with Crippen LogP contribution in [0.15, 0.2) is 71.6 Å². The van der Waals surface area contributed by atoms with Gasteiger partial charge in [-0.2, -0.15) is 5.26 Å². The summed E-state index contributed by atoms with van der Waals surface area (Å²) in [6.07, 6.45) is -0.815. The van der Waals surface area contributed by atoms with Crippen LogP contribution < -0.4 is 14.4 Å². The van der Waals surface area contributed by atoms with Crippen LogP contribution in [0, 0.1) is 17.1 Å². The molecule has 8 nitrogen and oxygen atoms in total.